The van der Waals surface area contributed by atoms with E-state index in [-0.39, 0.29) is 11.1 Å². The maximum atomic E-state index is 13.6. The number of benzene rings is 2. The molecule has 2 saturated heterocycles. The maximum absolute atomic E-state index is 13.6. The number of Topliss-reactive ketones (excluding diaryl/α,β-unsaturated/α-hetero) is 1. The van der Waals surface area contributed by atoms with E-state index >= 15 is 0 Å². The van der Waals surface area contributed by atoms with Crippen LogP contribution in [0.15, 0.2) is 42.5 Å². The summed E-state index contributed by atoms with van der Waals surface area (Å²) in [6, 6.07) is 8.00. The number of hydrogen-bond donors (Lipinski definition) is 0. The van der Waals surface area contributed by atoms with Gasteiger partial charge < -0.3 is 9.80 Å². The zero-order valence-electron chi connectivity index (χ0n) is 18.6. The highest BCUT2D eigenvalue weighted by atomic mass is 19.4. The first-order valence-corrected chi connectivity index (χ1v) is 11.4. The van der Waals surface area contributed by atoms with Crippen molar-refractivity contribution in [3.05, 3.63) is 64.7 Å². The van der Waals surface area contributed by atoms with Gasteiger partial charge in [0, 0.05) is 36.8 Å². The Balaban J connectivity index is 1.54. The molecule has 4 rings (SSSR count). The van der Waals surface area contributed by atoms with E-state index in [1.54, 1.807) is 0 Å². The van der Waals surface area contributed by atoms with Crippen LogP contribution in [0.5, 0.6) is 0 Å². The van der Waals surface area contributed by atoms with E-state index < -0.39 is 35.7 Å². The molecule has 0 N–H and O–H groups in total. The van der Waals surface area contributed by atoms with Crippen LogP contribution in [0.3, 0.4) is 0 Å². The minimum absolute atomic E-state index is 0.102. The van der Waals surface area contributed by atoms with Crippen LogP contribution < -0.4 is 4.90 Å². The Morgan fingerprint density at radius 1 is 0.824 bits per heavy atom. The molecule has 2 aromatic carbocycles. The van der Waals surface area contributed by atoms with Gasteiger partial charge in [-0.05, 0) is 68.6 Å². The number of carbonyl (C=O) groups is 1. The molecule has 0 amide bonds. The first-order valence-electron chi connectivity index (χ1n) is 11.4. The van der Waals surface area contributed by atoms with E-state index in [2.05, 4.69) is 4.90 Å². The van der Waals surface area contributed by atoms with Crippen molar-refractivity contribution in [1.29, 1.82) is 0 Å². The smallest absolute Gasteiger partial charge is 0.371 e. The molecule has 2 aliphatic heterocycles. The van der Waals surface area contributed by atoms with Crippen molar-refractivity contribution in [1.82, 2.24) is 4.90 Å². The number of carbonyl (C=O) groups excluding carboxylic acids is 1. The van der Waals surface area contributed by atoms with Crippen LogP contribution in [0.2, 0.25) is 0 Å². The summed E-state index contributed by atoms with van der Waals surface area (Å²) in [7, 11) is 0. The first kappa shape index (κ1) is 24.6. The van der Waals surface area contributed by atoms with Crippen molar-refractivity contribution < 1.29 is 31.1 Å². The summed E-state index contributed by atoms with van der Waals surface area (Å²) < 4.78 is 79.7. The van der Waals surface area contributed by atoms with Gasteiger partial charge in [0.15, 0.2) is 5.78 Å². The quantitative estimate of drug-likeness (QED) is 0.372. The molecule has 2 heterocycles. The molecule has 0 aromatic heterocycles. The summed E-state index contributed by atoms with van der Waals surface area (Å²) in [6.07, 6.45) is -5.61. The van der Waals surface area contributed by atoms with Crippen molar-refractivity contribution in [2.75, 3.05) is 31.1 Å². The molecule has 34 heavy (non-hydrogen) atoms. The highest BCUT2D eigenvalue weighted by Gasteiger charge is 2.34. The summed E-state index contributed by atoms with van der Waals surface area (Å²) in [6.45, 7) is 3.29. The molecule has 184 valence electrons. The molecule has 9 heteroatoms. The van der Waals surface area contributed by atoms with Crippen LogP contribution in [0, 0.1) is 0 Å². The van der Waals surface area contributed by atoms with E-state index in [0.29, 0.717) is 24.8 Å². The van der Waals surface area contributed by atoms with Crippen molar-refractivity contribution in [2.45, 2.75) is 50.5 Å². The second-order valence-corrected chi connectivity index (χ2v) is 9.03. The Kier molecular flexibility index (Phi) is 6.94. The van der Waals surface area contributed by atoms with Crippen molar-refractivity contribution >= 4 is 11.5 Å². The van der Waals surface area contributed by atoms with Gasteiger partial charge in [-0.25, -0.2) is 0 Å². The molecule has 0 unspecified atom stereocenters. The van der Waals surface area contributed by atoms with Crippen LogP contribution in [-0.4, -0.2) is 42.9 Å². The van der Waals surface area contributed by atoms with E-state index in [1.807, 2.05) is 4.90 Å². The fourth-order valence-electron chi connectivity index (χ4n) is 4.86. The third kappa shape index (κ3) is 5.74. The largest absolute Gasteiger partial charge is 0.416 e. The predicted molar refractivity (Wildman–Crippen MR) is 117 cm³/mol. The number of alkyl halides is 6. The lowest BCUT2D eigenvalue weighted by Crippen LogP contribution is -2.44. The van der Waals surface area contributed by atoms with Crippen molar-refractivity contribution in [3.63, 3.8) is 0 Å². The summed E-state index contributed by atoms with van der Waals surface area (Å²) in [5.74, 6) is -0.654. The fourth-order valence-corrected chi connectivity index (χ4v) is 4.86. The minimum Gasteiger partial charge on any atom is -0.371 e. The predicted octanol–water partition coefficient (Wildman–Crippen LogP) is 6.21. The fraction of sp³-hybridized carbons (Fsp3) is 0.480. The number of anilines is 1. The molecule has 0 atom stereocenters. The lowest BCUT2D eigenvalue weighted by molar-refractivity contribution is -0.138. The molecule has 0 spiro atoms. The SMILES string of the molecule is O=C(Cc1cccc(C(F)(F)F)c1)c1cc(N2CCC(N3CCCC3)CC2)cc(C(F)(F)F)c1. The lowest BCUT2D eigenvalue weighted by Gasteiger charge is -2.38. The molecule has 0 aliphatic carbocycles. The number of halogens is 6. The van der Waals surface area contributed by atoms with Gasteiger partial charge in [-0.1, -0.05) is 18.2 Å². The Labute approximate surface area is 194 Å². The Morgan fingerprint density at radius 2 is 1.47 bits per heavy atom. The van der Waals surface area contributed by atoms with Crippen LogP contribution in [0.25, 0.3) is 0 Å². The van der Waals surface area contributed by atoms with Crippen LogP contribution in [0.4, 0.5) is 32.0 Å². The molecular weight excluding hydrogens is 458 g/mol. The normalized spacial score (nSPS) is 18.5. The van der Waals surface area contributed by atoms with Crippen molar-refractivity contribution in [3.8, 4) is 0 Å². The monoisotopic (exact) mass is 484 g/mol. The first-order chi connectivity index (χ1) is 16.0. The van der Waals surface area contributed by atoms with E-state index in [0.717, 1.165) is 50.2 Å². The van der Waals surface area contributed by atoms with Gasteiger partial charge in [-0.3, -0.25) is 4.79 Å². The Hall–Kier alpha value is -2.55. The lowest BCUT2D eigenvalue weighted by atomic mass is 9.97. The second-order valence-electron chi connectivity index (χ2n) is 9.03. The minimum atomic E-state index is -4.64. The second kappa shape index (κ2) is 9.60. The number of ketones is 1. The zero-order chi connectivity index (χ0) is 24.5. The van der Waals surface area contributed by atoms with Crippen LogP contribution in [0.1, 0.15) is 52.7 Å². The van der Waals surface area contributed by atoms with Crippen LogP contribution >= 0.6 is 0 Å². The van der Waals surface area contributed by atoms with Gasteiger partial charge in [0.05, 0.1) is 11.1 Å². The molecule has 2 aliphatic rings. The average Bonchev–Trinajstić information content (AvgIpc) is 3.33. The molecule has 3 nitrogen and oxygen atoms in total. The van der Waals surface area contributed by atoms with Gasteiger partial charge in [0.1, 0.15) is 0 Å². The molecule has 0 radical (unpaired) electrons. The van der Waals surface area contributed by atoms with E-state index in [4.69, 9.17) is 0 Å². The van der Waals surface area contributed by atoms with Gasteiger partial charge in [-0.15, -0.1) is 0 Å². The zero-order valence-corrected chi connectivity index (χ0v) is 18.6. The molecule has 2 fully saturated rings. The standard InChI is InChI=1S/C25H26F6N2O/c26-24(27,28)19-5-3-4-17(12-19)13-23(34)18-14-20(25(29,30)31)16-22(15-18)33-10-6-21(7-11-33)32-8-1-2-9-32/h3-5,12,14-16,21H,1-2,6-11,13H2. The molecular formula is C25H26F6N2O. The number of likely N-dealkylation sites (tertiary alicyclic amines) is 1. The third-order valence-corrected chi connectivity index (χ3v) is 6.67. The van der Waals surface area contributed by atoms with E-state index in [1.165, 1.54) is 31.0 Å². The van der Waals surface area contributed by atoms with E-state index in [9.17, 15) is 31.1 Å². The third-order valence-electron chi connectivity index (χ3n) is 6.67. The van der Waals surface area contributed by atoms with Crippen LogP contribution in [-0.2, 0) is 18.8 Å². The summed E-state index contributed by atoms with van der Waals surface area (Å²) in [5.41, 5.74) is -1.56. The summed E-state index contributed by atoms with van der Waals surface area (Å²) in [5, 5.41) is 0. The number of piperidine rings is 1. The average molecular weight is 484 g/mol. The highest BCUT2D eigenvalue weighted by molar-refractivity contribution is 5.98. The maximum Gasteiger partial charge on any atom is 0.416 e. The number of hydrogen-bond acceptors (Lipinski definition) is 3. The highest BCUT2D eigenvalue weighted by Crippen LogP contribution is 2.35. The number of rotatable bonds is 5. The Bertz CT molecular complexity index is 1020. The van der Waals surface area contributed by atoms with Gasteiger partial charge >= 0.3 is 12.4 Å². The molecule has 0 saturated carbocycles. The topological polar surface area (TPSA) is 23.6 Å². The van der Waals surface area contributed by atoms with Gasteiger partial charge in [0.2, 0.25) is 0 Å². The van der Waals surface area contributed by atoms with Crippen molar-refractivity contribution in [2.24, 2.45) is 0 Å². The molecule has 2 aromatic rings. The van der Waals surface area contributed by atoms with Gasteiger partial charge in [0.25, 0.3) is 0 Å². The summed E-state index contributed by atoms with van der Waals surface area (Å²) >= 11 is 0. The summed E-state index contributed by atoms with van der Waals surface area (Å²) in [4.78, 5) is 17.1. The van der Waals surface area contributed by atoms with Gasteiger partial charge in [-0.2, -0.15) is 26.3 Å². The number of nitrogens with zero attached hydrogens (tertiary/aromatic N) is 2. The Morgan fingerprint density at radius 3 is 2.09 bits per heavy atom. The molecule has 0 bridgehead atoms.